The van der Waals surface area contributed by atoms with Crippen LogP contribution in [0.4, 0.5) is 0 Å². The second-order valence-electron chi connectivity index (χ2n) is 5.63. The van der Waals surface area contributed by atoms with E-state index in [1.807, 2.05) is 7.05 Å². The Labute approximate surface area is 127 Å². The maximum Gasteiger partial charge on any atom is 0.191 e. The first-order valence-electron chi connectivity index (χ1n) is 7.16. The molecule has 114 valence electrons. The van der Waals surface area contributed by atoms with E-state index >= 15 is 0 Å². The van der Waals surface area contributed by atoms with Crippen LogP contribution in [0.3, 0.4) is 0 Å². The van der Waals surface area contributed by atoms with Gasteiger partial charge in [0.1, 0.15) is 0 Å². The van der Waals surface area contributed by atoms with Crippen LogP contribution in [0.25, 0.3) is 0 Å². The van der Waals surface area contributed by atoms with Crippen molar-refractivity contribution in [3.05, 3.63) is 22.4 Å². The third kappa shape index (κ3) is 6.39. The van der Waals surface area contributed by atoms with Crippen LogP contribution in [0.1, 0.15) is 25.1 Å². The first-order valence-corrected chi connectivity index (χ1v) is 8.04. The fraction of sp³-hybridized carbons (Fsp3) is 0.667. The van der Waals surface area contributed by atoms with Crippen LogP contribution in [0, 0.1) is 5.92 Å². The second kappa shape index (κ2) is 8.97. The lowest BCUT2D eigenvalue weighted by Crippen LogP contribution is -2.45. The lowest BCUT2D eigenvalue weighted by atomic mass is 10.0. The third-order valence-corrected chi connectivity index (χ3v) is 4.09. The smallest absolute Gasteiger partial charge is 0.191 e. The van der Waals surface area contributed by atoms with Crippen molar-refractivity contribution in [3.8, 4) is 0 Å². The molecule has 0 saturated heterocycles. The highest BCUT2D eigenvalue weighted by Crippen LogP contribution is 2.08. The van der Waals surface area contributed by atoms with Gasteiger partial charge in [-0.2, -0.15) is 0 Å². The van der Waals surface area contributed by atoms with E-state index in [1.54, 1.807) is 11.3 Å². The molecule has 0 aliphatic rings. The Morgan fingerprint density at radius 1 is 1.35 bits per heavy atom. The number of hydrogen-bond donors (Lipinski definition) is 2. The van der Waals surface area contributed by atoms with Gasteiger partial charge in [-0.15, -0.1) is 11.3 Å². The van der Waals surface area contributed by atoms with Gasteiger partial charge in [0.05, 0.1) is 6.54 Å². The summed E-state index contributed by atoms with van der Waals surface area (Å²) < 4.78 is 0. The van der Waals surface area contributed by atoms with Gasteiger partial charge < -0.3 is 15.5 Å². The van der Waals surface area contributed by atoms with E-state index in [9.17, 15) is 0 Å². The molecule has 0 aromatic carbocycles. The van der Waals surface area contributed by atoms with Gasteiger partial charge in [0.2, 0.25) is 0 Å². The summed E-state index contributed by atoms with van der Waals surface area (Å²) in [5, 5.41) is 8.87. The van der Waals surface area contributed by atoms with Crippen LogP contribution in [0.15, 0.2) is 22.5 Å². The molecular formula is C15H28N4S. The Hall–Kier alpha value is -1.07. The molecule has 1 heterocycles. The monoisotopic (exact) mass is 296 g/mol. The zero-order chi connectivity index (χ0) is 15.0. The number of guanidine groups is 1. The lowest BCUT2D eigenvalue weighted by Gasteiger charge is -2.27. The number of thiophene rings is 1. The second-order valence-corrected chi connectivity index (χ2v) is 6.67. The SMILES string of the molecule is CN=C(NCc1cccs1)NCC(CC(C)C)N(C)C. The highest BCUT2D eigenvalue weighted by molar-refractivity contribution is 7.09. The highest BCUT2D eigenvalue weighted by atomic mass is 32.1. The summed E-state index contributed by atoms with van der Waals surface area (Å²) in [6.07, 6.45) is 1.18. The summed E-state index contributed by atoms with van der Waals surface area (Å²) in [6.45, 7) is 6.27. The average molecular weight is 296 g/mol. The topological polar surface area (TPSA) is 39.7 Å². The van der Waals surface area contributed by atoms with E-state index in [0.29, 0.717) is 12.0 Å². The number of nitrogens with one attached hydrogen (secondary N) is 2. The molecule has 20 heavy (non-hydrogen) atoms. The van der Waals surface area contributed by atoms with Gasteiger partial charge in [-0.25, -0.2) is 0 Å². The van der Waals surface area contributed by atoms with Crippen molar-refractivity contribution < 1.29 is 0 Å². The van der Waals surface area contributed by atoms with Crippen LogP contribution < -0.4 is 10.6 Å². The molecule has 0 spiro atoms. The maximum absolute atomic E-state index is 4.28. The van der Waals surface area contributed by atoms with Gasteiger partial charge in [0.15, 0.2) is 5.96 Å². The van der Waals surface area contributed by atoms with E-state index in [1.165, 1.54) is 11.3 Å². The van der Waals surface area contributed by atoms with Crippen molar-refractivity contribution in [1.29, 1.82) is 0 Å². The maximum atomic E-state index is 4.28. The molecular weight excluding hydrogens is 268 g/mol. The number of hydrogen-bond acceptors (Lipinski definition) is 3. The molecule has 1 unspecified atom stereocenters. The van der Waals surface area contributed by atoms with Gasteiger partial charge in [0.25, 0.3) is 0 Å². The standard InChI is InChI=1S/C15H28N4S/c1-12(2)9-13(19(4)5)10-17-15(16-3)18-11-14-7-6-8-20-14/h6-8,12-13H,9-11H2,1-5H3,(H2,16,17,18). The first-order chi connectivity index (χ1) is 9.52. The number of nitrogens with zero attached hydrogens (tertiary/aromatic N) is 2. The molecule has 0 radical (unpaired) electrons. The summed E-state index contributed by atoms with van der Waals surface area (Å²) in [7, 11) is 6.09. The first kappa shape index (κ1) is 17.0. The van der Waals surface area contributed by atoms with E-state index < -0.39 is 0 Å². The number of likely N-dealkylation sites (N-methyl/N-ethyl adjacent to an activating group) is 1. The molecule has 0 fully saturated rings. The number of rotatable bonds is 7. The largest absolute Gasteiger partial charge is 0.355 e. The summed E-state index contributed by atoms with van der Waals surface area (Å²) in [5.74, 6) is 1.57. The van der Waals surface area contributed by atoms with Crippen LogP contribution in [0.2, 0.25) is 0 Å². The summed E-state index contributed by atoms with van der Waals surface area (Å²) in [5.41, 5.74) is 0. The summed E-state index contributed by atoms with van der Waals surface area (Å²) in [6, 6.07) is 4.73. The molecule has 5 heteroatoms. The van der Waals surface area contributed by atoms with Crippen LogP contribution in [-0.2, 0) is 6.54 Å². The Balaban J connectivity index is 2.39. The molecule has 0 bridgehead atoms. The zero-order valence-electron chi connectivity index (χ0n) is 13.3. The van der Waals surface area contributed by atoms with Crippen molar-refractivity contribution in [1.82, 2.24) is 15.5 Å². The van der Waals surface area contributed by atoms with E-state index in [4.69, 9.17) is 0 Å². The molecule has 1 aromatic heterocycles. The molecule has 1 rings (SSSR count). The fourth-order valence-corrected chi connectivity index (χ4v) is 2.68. The van der Waals surface area contributed by atoms with Crippen LogP contribution in [-0.4, -0.2) is 44.6 Å². The van der Waals surface area contributed by atoms with Crippen LogP contribution in [0.5, 0.6) is 0 Å². The van der Waals surface area contributed by atoms with Gasteiger partial charge >= 0.3 is 0 Å². The Morgan fingerprint density at radius 2 is 2.10 bits per heavy atom. The minimum absolute atomic E-state index is 0.523. The third-order valence-electron chi connectivity index (χ3n) is 3.21. The fourth-order valence-electron chi connectivity index (χ4n) is 2.04. The Kier molecular flexibility index (Phi) is 7.62. The Bertz CT molecular complexity index is 385. The summed E-state index contributed by atoms with van der Waals surface area (Å²) in [4.78, 5) is 7.87. The molecule has 1 aromatic rings. The molecule has 2 N–H and O–H groups in total. The average Bonchev–Trinajstić information content (AvgIpc) is 2.89. The molecule has 1 atom stereocenters. The van der Waals surface area contributed by atoms with Crippen molar-refractivity contribution >= 4 is 17.3 Å². The molecule has 4 nitrogen and oxygen atoms in total. The van der Waals surface area contributed by atoms with Crippen molar-refractivity contribution in [2.75, 3.05) is 27.7 Å². The van der Waals surface area contributed by atoms with Gasteiger partial charge in [0, 0.05) is 24.5 Å². The quantitative estimate of drug-likeness (QED) is 0.599. The van der Waals surface area contributed by atoms with Gasteiger partial charge in [-0.05, 0) is 37.9 Å². The highest BCUT2D eigenvalue weighted by Gasteiger charge is 2.13. The molecule has 0 aliphatic heterocycles. The predicted molar refractivity (Wildman–Crippen MR) is 89.5 cm³/mol. The van der Waals surface area contributed by atoms with Crippen molar-refractivity contribution in [2.45, 2.75) is 32.9 Å². The summed E-state index contributed by atoms with van der Waals surface area (Å²) >= 11 is 1.76. The minimum atomic E-state index is 0.523. The molecule has 0 saturated carbocycles. The molecule has 0 amide bonds. The van der Waals surface area contributed by atoms with E-state index in [0.717, 1.165) is 19.0 Å². The number of aliphatic imine (C=N–C) groups is 1. The van der Waals surface area contributed by atoms with Gasteiger partial charge in [-0.1, -0.05) is 19.9 Å². The lowest BCUT2D eigenvalue weighted by molar-refractivity contribution is 0.254. The van der Waals surface area contributed by atoms with Crippen molar-refractivity contribution in [3.63, 3.8) is 0 Å². The van der Waals surface area contributed by atoms with E-state index in [2.05, 4.69) is 66.0 Å². The molecule has 0 aliphatic carbocycles. The Morgan fingerprint density at radius 3 is 2.60 bits per heavy atom. The normalized spacial score (nSPS) is 13.8. The van der Waals surface area contributed by atoms with Crippen molar-refractivity contribution in [2.24, 2.45) is 10.9 Å². The minimum Gasteiger partial charge on any atom is -0.355 e. The zero-order valence-corrected chi connectivity index (χ0v) is 14.1. The van der Waals surface area contributed by atoms with Gasteiger partial charge in [-0.3, -0.25) is 4.99 Å². The van der Waals surface area contributed by atoms with E-state index in [-0.39, 0.29) is 0 Å². The van der Waals surface area contributed by atoms with Crippen LogP contribution >= 0.6 is 11.3 Å². The predicted octanol–water partition coefficient (Wildman–Crippen LogP) is 2.39.